The summed E-state index contributed by atoms with van der Waals surface area (Å²) in [5.74, 6) is 1.09. The first-order valence-corrected chi connectivity index (χ1v) is 7.88. The lowest BCUT2D eigenvalue weighted by Crippen LogP contribution is -2.26. The normalized spacial score (nSPS) is 10.5. The minimum Gasteiger partial charge on any atom is -0.341 e. The van der Waals surface area contributed by atoms with E-state index in [-0.39, 0.29) is 5.91 Å². The molecule has 0 spiro atoms. The first-order valence-electron chi connectivity index (χ1n) is 7.88. The SMILES string of the molecule is CN(Cc1ccccc1)C(=O)CCc1nc(-c2ccccc2)no1. The maximum Gasteiger partial charge on any atom is 0.227 e. The van der Waals surface area contributed by atoms with Crippen molar-refractivity contribution < 1.29 is 9.32 Å². The van der Waals surface area contributed by atoms with Crippen molar-refractivity contribution >= 4 is 5.91 Å². The molecule has 5 heteroatoms. The lowest BCUT2D eigenvalue weighted by molar-refractivity contribution is -0.130. The van der Waals surface area contributed by atoms with Crippen LogP contribution >= 0.6 is 0 Å². The van der Waals surface area contributed by atoms with E-state index in [4.69, 9.17) is 4.52 Å². The maximum absolute atomic E-state index is 12.2. The highest BCUT2D eigenvalue weighted by Crippen LogP contribution is 2.15. The minimum atomic E-state index is 0.0540. The molecule has 0 atom stereocenters. The third kappa shape index (κ3) is 4.07. The molecular weight excluding hydrogens is 302 g/mol. The molecule has 1 heterocycles. The van der Waals surface area contributed by atoms with Gasteiger partial charge in [-0.15, -0.1) is 0 Å². The van der Waals surface area contributed by atoms with Crippen LogP contribution in [0.15, 0.2) is 65.2 Å². The summed E-state index contributed by atoms with van der Waals surface area (Å²) in [5, 5.41) is 3.97. The second-order valence-electron chi connectivity index (χ2n) is 5.61. The van der Waals surface area contributed by atoms with Gasteiger partial charge in [0.05, 0.1) is 0 Å². The van der Waals surface area contributed by atoms with Gasteiger partial charge in [0.15, 0.2) is 0 Å². The average Bonchev–Trinajstić information content (AvgIpc) is 3.10. The number of carbonyl (C=O) groups is 1. The molecule has 0 saturated carbocycles. The van der Waals surface area contributed by atoms with Crippen molar-refractivity contribution in [3.05, 3.63) is 72.1 Å². The van der Waals surface area contributed by atoms with Crippen molar-refractivity contribution in [2.75, 3.05) is 7.05 Å². The maximum atomic E-state index is 12.2. The lowest BCUT2D eigenvalue weighted by atomic mass is 10.2. The van der Waals surface area contributed by atoms with Gasteiger partial charge in [0.1, 0.15) is 0 Å². The fraction of sp³-hybridized carbons (Fsp3) is 0.211. The highest BCUT2D eigenvalue weighted by atomic mass is 16.5. The van der Waals surface area contributed by atoms with Crippen LogP contribution < -0.4 is 0 Å². The second-order valence-corrected chi connectivity index (χ2v) is 5.61. The smallest absolute Gasteiger partial charge is 0.227 e. The van der Waals surface area contributed by atoms with E-state index in [0.29, 0.717) is 31.1 Å². The molecule has 0 fully saturated rings. The molecule has 5 nitrogen and oxygen atoms in total. The Kier molecular flexibility index (Phi) is 5.01. The summed E-state index contributed by atoms with van der Waals surface area (Å²) in [6, 6.07) is 19.6. The van der Waals surface area contributed by atoms with E-state index in [1.165, 1.54) is 0 Å². The number of aryl methyl sites for hydroxylation is 1. The second kappa shape index (κ2) is 7.55. The van der Waals surface area contributed by atoms with Crippen LogP contribution in [0.1, 0.15) is 17.9 Å². The molecule has 1 amide bonds. The number of nitrogens with zero attached hydrogens (tertiary/aromatic N) is 3. The van der Waals surface area contributed by atoms with Gasteiger partial charge < -0.3 is 9.42 Å². The highest BCUT2D eigenvalue weighted by Gasteiger charge is 2.13. The molecule has 24 heavy (non-hydrogen) atoms. The third-order valence-corrected chi connectivity index (χ3v) is 3.74. The predicted molar refractivity (Wildman–Crippen MR) is 91.0 cm³/mol. The zero-order valence-electron chi connectivity index (χ0n) is 13.6. The first kappa shape index (κ1) is 15.9. The van der Waals surface area contributed by atoms with Crippen LogP contribution in [0.2, 0.25) is 0 Å². The van der Waals surface area contributed by atoms with Crippen LogP contribution in [0.4, 0.5) is 0 Å². The minimum absolute atomic E-state index is 0.0540. The van der Waals surface area contributed by atoms with E-state index >= 15 is 0 Å². The molecule has 122 valence electrons. The van der Waals surface area contributed by atoms with Gasteiger partial charge in [-0.25, -0.2) is 0 Å². The molecule has 3 aromatic rings. The van der Waals surface area contributed by atoms with Crippen molar-refractivity contribution in [2.45, 2.75) is 19.4 Å². The van der Waals surface area contributed by atoms with E-state index in [1.54, 1.807) is 11.9 Å². The number of hydrogen-bond acceptors (Lipinski definition) is 4. The van der Waals surface area contributed by atoms with Crippen LogP contribution in [-0.2, 0) is 17.8 Å². The van der Waals surface area contributed by atoms with E-state index < -0.39 is 0 Å². The molecule has 0 aliphatic carbocycles. The van der Waals surface area contributed by atoms with Crippen molar-refractivity contribution in [1.29, 1.82) is 0 Å². The van der Waals surface area contributed by atoms with Crippen LogP contribution in [0.25, 0.3) is 11.4 Å². The molecule has 0 aliphatic heterocycles. The number of carbonyl (C=O) groups excluding carboxylic acids is 1. The molecule has 0 radical (unpaired) electrons. The Labute approximate surface area is 140 Å². The van der Waals surface area contributed by atoms with Crippen molar-refractivity contribution in [1.82, 2.24) is 15.0 Å². The number of benzene rings is 2. The summed E-state index contributed by atoms with van der Waals surface area (Å²) in [6.45, 7) is 0.596. The summed E-state index contributed by atoms with van der Waals surface area (Å²) in [6.07, 6.45) is 0.789. The van der Waals surface area contributed by atoms with E-state index in [9.17, 15) is 4.79 Å². The van der Waals surface area contributed by atoms with Gasteiger partial charge in [0.2, 0.25) is 17.6 Å². The quantitative estimate of drug-likeness (QED) is 0.699. The average molecular weight is 321 g/mol. The van der Waals surface area contributed by atoms with Gasteiger partial charge in [-0.05, 0) is 5.56 Å². The molecule has 2 aromatic carbocycles. The Balaban J connectivity index is 1.54. The molecule has 1 aromatic heterocycles. The molecule has 0 N–H and O–H groups in total. The Bertz CT molecular complexity index is 785. The van der Waals surface area contributed by atoms with E-state index in [2.05, 4.69) is 10.1 Å². The first-order chi connectivity index (χ1) is 11.7. The number of amides is 1. The van der Waals surface area contributed by atoms with Crippen LogP contribution in [0.3, 0.4) is 0 Å². The largest absolute Gasteiger partial charge is 0.341 e. The molecule has 0 saturated heterocycles. The van der Waals surface area contributed by atoms with Crippen LogP contribution in [-0.4, -0.2) is 28.0 Å². The topological polar surface area (TPSA) is 59.2 Å². The number of rotatable bonds is 6. The monoisotopic (exact) mass is 321 g/mol. The van der Waals surface area contributed by atoms with Crippen LogP contribution in [0.5, 0.6) is 0 Å². The van der Waals surface area contributed by atoms with E-state index in [1.807, 2.05) is 60.7 Å². The predicted octanol–water partition coefficient (Wildman–Crippen LogP) is 3.33. The van der Waals surface area contributed by atoms with Gasteiger partial charge in [0, 0.05) is 32.0 Å². The van der Waals surface area contributed by atoms with Gasteiger partial charge in [0.25, 0.3) is 0 Å². The Morgan fingerprint density at radius 2 is 1.71 bits per heavy atom. The Hall–Kier alpha value is -2.95. The van der Waals surface area contributed by atoms with Gasteiger partial charge >= 0.3 is 0 Å². The van der Waals surface area contributed by atoms with E-state index in [0.717, 1.165) is 11.1 Å². The zero-order valence-corrected chi connectivity index (χ0v) is 13.6. The Morgan fingerprint density at radius 1 is 1.04 bits per heavy atom. The van der Waals surface area contributed by atoms with Gasteiger partial charge in [-0.2, -0.15) is 4.98 Å². The number of hydrogen-bond donors (Lipinski definition) is 0. The summed E-state index contributed by atoms with van der Waals surface area (Å²) < 4.78 is 5.24. The summed E-state index contributed by atoms with van der Waals surface area (Å²) in [5.41, 5.74) is 2.01. The molecule has 0 unspecified atom stereocenters. The highest BCUT2D eigenvalue weighted by molar-refractivity contribution is 5.76. The molecular formula is C19H19N3O2. The fourth-order valence-electron chi connectivity index (χ4n) is 2.41. The Morgan fingerprint density at radius 3 is 2.42 bits per heavy atom. The standard InChI is InChI=1S/C19H19N3O2/c1-22(14-15-8-4-2-5-9-15)18(23)13-12-17-20-19(21-24-17)16-10-6-3-7-11-16/h2-11H,12-14H2,1H3. The fourth-order valence-corrected chi connectivity index (χ4v) is 2.41. The lowest BCUT2D eigenvalue weighted by Gasteiger charge is -2.16. The third-order valence-electron chi connectivity index (χ3n) is 3.74. The van der Waals surface area contributed by atoms with Gasteiger partial charge in [-0.3, -0.25) is 4.79 Å². The summed E-state index contributed by atoms with van der Waals surface area (Å²) in [4.78, 5) is 18.3. The van der Waals surface area contributed by atoms with Gasteiger partial charge in [-0.1, -0.05) is 65.8 Å². The van der Waals surface area contributed by atoms with Crippen LogP contribution in [0, 0.1) is 0 Å². The zero-order chi connectivity index (χ0) is 16.8. The van der Waals surface area contributed by atoms with Crippen molar-refractivity contribution in [3.63, 3.8) is 0 Å². The summed E-state index contributed by atoms with van der Waals surface area (Å²) in [7, 11) is 1.80. The number of aromatic nitrogens is 2. The van der Waals surface area contributed by atoms with Crippen molar-refractivity contribution in [2.24, 2.45) is 0 Å². The molecule has 0 bridgehead atoms. The molecule has 3 rings (SSSR count). The molecule has 0 aliphatic rings. The van der Waals surface area contributed by atoms with Crippen molar-refractivity contribution in [3.8, 4) is 11.4 Å². The summed E-state index contributed by atoms with van der Waals surface area (Å²) >= 11 is 0.